The smallest absolute Gasteiger partial charge is 0.421 e. The average molecular weight is 392 g/mol. The molecule has 0 rings (SSSR count). The van der Waals surface area contributed by atoms with Crippen LogP contribution in [-0.4, -0.2) is 61.9 Å². The Hall–Kier alpha value is 0.630. The SMILES string of the molecule is OC[C@@H](O)[C@@H](O)[C@H](O)[C@@H](O)[C-]=S.[Au+]. The van der Waals surface area contributed by atoms with Crippen molar-refractivity contribution in [1.82, 2.24) is 0 Å². The fraction of sp³-hybridized carbons (Fsp3) is 0.833. The van der Waals surface area contributed by atoms with Gasteiger partial charge in [0.25, 0.3) is 0 Å². The molecule has 0 fully saturated rings. The summed E-state index contributed by atoms with van der Waals surface area (Å²) in [5, 5.41) is 45.8. The van der Waals surface area contributed by atoms with Crippen molar-refractivity contribution in [3.05, 3.63) is 0 Å². The van der Waals surface area contributed by atoms with Gasteiger partial charge in [-0.25, -0.2) is 0 Å². The third kappa shape index (κ3) is 5.16. The second kappa shape index (κ2) is 7.98. The summed E-state index contributed by atoms with van der Waals surface area (Å²) >= 11 is 4.18. The second-order valence-corrected chi connectivity index (χ2v) is 2.53. The zero-order chi connectivity index (χ0) is 9.72. The molecule has 0 unspecified atom stereocenters. The fourth-order valence-electron chi connectivity index (χ4n) is 0.592. The van der Waals surface area contributed by atoms with E-state index >= 15 is 0 Å². The predicted octanol–water partition coefficient (Wildman–Crippen LogP) is -2.70. The zero-order valence-corrected chi connectivity index (χ0v) is 9.45. The van der Waals surface area contributed by atoms with Gasteiger partial charge in [-0.15, -0.1) is 0 Å². The molecule has 5 nitrogen and oxygen atoms in total. The van der Waals surface area contributed by atoms with Gasteiger partial charge in [-0.2, -0.15) is 0 Å². The minimum atomic E-state index is -1.64. The van der Waals surface area contributed by atoms with Crippen LogP contribution in [-0.2, 0) is 22.4 Å². The summed E-state index contributed by atoms with van der Waals surface area (Å²) in [4.78, 5) is 0. The van der Waals surface area contributed by atoms with Crippen molar-refractivity contribution in [1.29, 1.82) is 0 Å². The van der Waals surface area contributed by atoms with Crippen LogP contribution < -0.4 is 0 Å². The van der Waals surface area contributed by atoms with Gasteiger partial charge in [0.1, 0.15) is 12.2 Å². The van der Waals surface area contributed by atoms with Gasteiger partial charge in [-0.05, 0) is 6.10 Å². The molecule has 0 amide bonds. The van der Waals surface area contributed by atoms with Crippen molar-refractivity contribution in [3.63, 3.8) is 0 Å². The number of aliphatic hydroxyl groups excluding tert-OH is 5. The molecule has 82 valence electrons. The molecule has 0 aromatic rings. The van der Waals surface area contributed by atoms with E-state index in [2.05, 4.69) is 12.2 Å². The molecule has 0 radical (unpaired) electrons. The topological polar surface area (TPSA) is 101 Å². The summed E-state index contributed by atoms with van der Waals surface area (Å²) in [7, 11) is 0. The van der Waals surface area contributed by atoms with E-state index in [-0.39, 0.29) is 22.4 Å². The summed E-state index contributed by atoms with van der Waals surface area (Å²) in [6, 6.07) is 0. The monoisotopic (exact) mass is 392 g/mol. The molecule has 0 aliphatic heterocycles. The van der Waals surface area contributed by atoms with E-state index in [1.165, 1.54) is 0 Å². The minimum absolute atomic E-state index is 0. The predicted molar refractivity (Wildman–Crippen MR) is 43.7 cm³/mol. The van der Waals surface area contributed by atoms with Gasteiger partial charge >= 0.3 is 22.4 Å². The first-order chi connectivity index (χ1) is 5.54. The molecule has 7 heteroatoms. The summed E-state index contributed by atoms with van der Waals surface area (Å²) in [5.41, 5.74) is 0. The van der Waals surface area contributed by atoms with Crippen LogP contribution in [0.2, 0.25) is 0 Å². The molecule has 13 heavy (non-hydrogen) atoms. The zero-order valence-electron chi connectivity index (χ0n) is 6.46. The molecule has 0 aliphatic rings. The Morgan fingerprint density at radius 1 is 1.08 bits per heavy atom. The molecule has 4 atom stereocenters. The van der Waals surface area contributed by atoms with Gasteiger partial charge in [0, 0.05) is 0 Å². The first-order valence-corrected chi connectivity index (χ1v) is 3.66. The number of aliphatic hydroxyl groups is 5. The first-order valence-electron chi connectivity index (χ1n) is 3.25. The Balaban J connectivity index is 0. The minimum Gasteiger partial charge on any atom is -0.421 e. The third-order valence-corrected chi connectivity index (χ3v) is 1.62. The van der Waals surface area contributed by atoms with Gasteiger partial charge in [-0.1, -0.05) is 0 Å². The molecule has 0 saturated heterocycles. The number of rotatable bonds is 5. The molecular formula is C6H11AuO5S. The number of hydrogen-bond donors (Lipinski definition) is 5. The van der Waals surface area contributed by atoms with Crippen molar-refractivity contribution in [2.75, 3.05) is 6.61 Å². The van der Waals surface area contributed by atoms with Gasteiger partial charge in [-0.3, -0.25) is 0 Å². The maximum absolute atomic E-state index is 8.99. The van der Waals surface area contributed by atoms with Crippen molar-refractivity contribution in [3.8, 4) is 0 Å². The van der Waals surface area contributed by atoms with Crippen molar-refractivity contribution >= 4 is 17.6 Å². The largest absolute Gasteiger partial charge is 1.00 e. The van der Waals surface area contributed by atoms with Gasteiger partial charge in [0.15, 0.2) is 0 Å². The molecule has 0 bridgehead atoms. The van der Waals surface area contributed by atoms with Gasteiger partial charge in [0.2, 0.25) is 0 Å². The quantitative estimate of drug-likeness (QED) is 0.198. The van der Waals surface area contributed by atoms with Crippen LogP contribution in [0.25, 0.3) is 0 Å². The van der Waals surface area contributed by atoms with Crippen LogP contribution in [0.3, 0.4) is 0 Å². The van der Waals surface area contributed by atoms with Gasteiger partial charge in [0.05, 0.1) is 12.7 Å². The second-order valence-electron chi connectivity index (χ2n) is 2.29. The maximum Gasteiger partial charge on any atom is 1.00 e. The summed E-state index contributed by atoms with van der Waals surface area (Å²) in [6.07, 6.45) is -6.29. The Bertz CT molecular complexity index is 147. The van der Waals surface area contributed by atoms with Crippen LogP contribution in [0.1, 0.15) is 0 Å². The molecular weight excluding hydrogens is 381 g/mol. The van der Waals surface area contributed by atoms with Crippen LogP contribution in [0.4, 0.5) is 0 Å². The van der Waals surface area contributed by atoms with E-state index in [1.54, 1.807) is 0 Å². The van der Waals surface area contributed by atoms with Crippen molar-refractivity contribution in [2.45, 2.75) is 24.4 Å². The molecule has 0 saturated carbocycles. The van der Waals surface area contributed by atoms with Crippen LogP contribution in [0.15, 0.2) is 0 Å². The van der Waals surface area contributed by atoms with Crippen LogP contribution in [0, 0.1) is 0 Å². The van der Waals surface area contributed by atoms with E-state index in [9.17, 15) is 0 Å². The number of thiocarbonyl (C=S) groups is 1. The van der Waals surface area contributed by atoms with E-state index in [1.807, 2.05) is 5.37 Å². The van der Waals surface area contributed by atoms with E-state index in [4.69, 9.17) is 25.5 Å². The van der Waals surface area contributed by atoms with E-state index in [0.29, 0.717) is 0 Å². The number of hydrogen-bond acceptors (Lipinski definition) is 6. The first kappa shape index (κ1) is 16.1. The Kier molecular flexibility index (Phi) is 9.87. The molecule has 0 aromatic carbocycles. The van der Waals surface area contributed by atoms with Crippen molar-refractivity contribution in [2.24, 2.45) is 0 Å². The fourth-order valence-corrected chi connectivity index (χ4v) is 0.732. The molecule has 0 heterocycles. The maximum atomic E-state index is 8.99. The molecule has 0 spiro atoms. The standard InChI is InChI=1S/C6H11O5S.Au/c7-1-3(8)5(10)6(11)4(9)2-12;/h3-11H,1H2;/q-1;+1/t3-,4+,5-,6-;/m1./s1. The molecule has 0 aliphatic carbocycles. The van der Waals surface area contributed by atoms with Crippen molar-refractivity contribution < 1.29 is 47.9 Å². The Morgan fingerprint density at radius 3 is 1.85 bits per heavy atom. The summed E-state index contributed by atoms with van der Waals surface area (Å²) in [5.74, 6) is 0. The Morgan fingerprint density at radius 2 is 1.54 bits per heavy atom. The Labute approximate surface area is 96.5 Å². The molecule has 5 N–H and O–H groups in total. The third-order valence-electron chi connectivity index (χ3n) is 1.38. The normalized spacial score (nSPS) is 19.5. The van der Waals surface area contributed by atoms with E-state index < -0.39 is 31.0 Å². The molecule has 0 aromatic heterocycles. The van der Waals surface area contributed by atoms with E-state index in [0.717, 1.165) is 0 Å². The van der Waals surface area contributed by atoms with Crippen LogP contribution in [0.5, 0.6) is 0 Å². The summed E-state index contributed by atoms with van der Waals surface area (Å²) in [6.45, 7) is -0.706. The van der Waals surface area contributed by atoms with Gasteiger partial charge < -0.3 is 43.1 Å². The van der Waals surface area contributed by atoms with Crippen LogP contribution >= 0.6 is 12.2 Å². The summed E-state index contributed by atoms with van der Waals surface area (Å²) < 4.78 is 0. The average Bonchev–Trinajstić information content (AvgIpc) is 2.12.